The summed E-state index contributed by atoms with van der Waals surface area (Å²) in [6.45, 7) is 2.02. The van der Waals surface area contributed by atoms with Crippen LogP contribution < -0.4 is 5.32 Å². The minimum atomic E-state index is -0.0466. The van der Waals surface area contributed by atoms with Crippen molar-refractivity contribution < 1.29 is 9.21 Å². The van der Waals surface area contributed by atoms with Crippen LogP contribution in [-0.2, 0) is 17.6 Å². The first-order valence-corrected chi connectivity index (χ1v) is 10.6. The summed E-state index contributed by atoms with van der Waals surface area (Å²) in [6, 6.07) is 16.2. The van der Waals surface area contributed by atoms with Crippen LogP contribution in [0, 0.1) is 0 Å². The third-order valence-electron chi connectivity index (χ3n) is 5.00. The van der Waals surface area contributed by atoms with Crippen molar-refractivity contribution in [3.8, 4) is 11.5 Å². The maximum Gasteiger partial charge on any atom is 0.277 e. The predicted octanol–water partition coefficient (Wildman–Crippen LogP) is 4.58. The molecule has 0 saturated carbocycles. The zero-order valence-electron chi connectivity index (χ0n) is 15.9. The smallest absolute Gasteiger partial charge is 0.277 e. The van der Waals surface area contributed by atoms with Gasteiger partial charge in [0.05, 0.1) is 11.8 Å². The highest BCUT2D eigenvalue weighted by Crippen LogP contribution is 2.25. The van der Waals surface area contributed by atoms with E-state index in [0.29, 0.717) is 11.1 Å². The van der Waals surface area contributed by atoms with E-state index in [-0.39, 0.29) is 17.7 Å². The zero-order chi connectivity index (χ0) is 19.3. The highest BCUT2D eigenvalue weighted by atomic mass is 32.2. The average Bonchev–Trinajstić information content (AvgIpc) is 3.22. The lowest BCUT2D eigenvalue weighted by Crippen LogP contribution is -2.28. The van der Waals surface area contributed by atoms with Gasteiger partial charge < -0.3 is 9.73 Å². The third-order valence-corrected chi connectivity index (χ3v) is 5.82. The molecular formula is C22H23N3O2S. The van der Waals surface area contributed by atoms with Crippen molar-refractivity contribution in [3.05, 3.63) is 65.2 Å². The van der Waals surface area contributed by atoms with Crippen LogP contribution in [0.25, 0.3) is 11.5 Å². The van der Waals surface area contributed by atoms with Gasteiger partial charge in [0.1, 0.15) is 0 Å². The zero-order valence-corrected chi connectivity index (χ0v) is 16.7. The maximum atomic E-state index is 12.3. The number of nitrogens with zero attached hydrogens (tertiary/aromatic N) is 2. The number of hydrogen-bond acceptors (Lipinski definition) is 5. The molecule has 0 unspecified atom stereocenters. The molecule has 28 heavy (non-hydrogen) atoms. The number of benzene rings is 2. The van der Waals surface area contributed by atoms with Crippen LogP contribution in [0.5, 0.6) is 0 Å². The van der Waals surface area contributed by atoms with E-state index in [1.807, 2.05) is 37.3 Å². The van der Waals surface area contributed by atoms with E-state index in [2.05, 4.69) is 33.7 Å². The highest BCUT2D eigenvalue weighted by molar-refractivity contribution is 7.99. The van der Waals surface area contributed by atoms with Crippen molar-refractivity contribution in [2.75, 3.05) is 5.75 Å². The van der Waals surface area contributed by atoms with Gasteiger partial charge in [-0.15, -0.1) is 10.2 Å². The Morgan fingerprint density at radius 3 is 2.71 bits per heavy atom. The minimum absolute atomic E-state index is 0.0251. The summed E-state index contributed by atoms with van der Waals surface area (Å²) < 4.78 is 5.63. The van der Waals surface area contributed by atoms with Gasteiger partial charge in [0.2, 0.25) is 11.8 Å². The van der Waals surface area contributed by atoms with Gasteiger partial charge in [0, 0.05) is 5.56 Å². The number of carbonyl (C=O) groups is 1. The Hall–Kier alpha value is -2.60. The van der Waals surface area contributed by atoms with E-state index in [1.54, 1.807) is 0 Å². The molecule has 4 rings (SSSR count). The van der Waals surface area contributed by atoms with Crippen LogP contribution in [0.4, 0.5) is 0 Å². The second kappa shape index (κ2) is 8.61. The van der Waals surface area contributed by atoms with Crippen molar-refractivity contribution >= 4 is 17.7 Å². The summed E-state index contributed by atoms with van der Waals surface area (Å²) in [4.78, 5) is 12.3. The molecule has 0 saturated heterocycles. The summed E-state index contributed by atoms with van der Waals surface area (Å²) in [5.41, 5.74) is 4.91. The maximum absolute atomic E-state index is 12.3. The molecule has 0 fully saturated rings. The molecule has 0 spiro atoms. The second-order valence-corrected chi connectivity index (χ2v) is 7.98. The molecule has 3 aromatic rings. The molecular weight excluding hydrogens is 370 g/mol. The van der Waals surface area contributed by atoms with Gasteiger partial charge in [-0.25, -0.2) is 0 Å². The van der Waals surface area contributed by atoms with Crippen molar-refractivity contribution in [3.63, 3.8) is 0 Å². The molecule has 1 heterocycles. The molecule has 5 nitrogen and oxygen atoms in total. The summed E-state index contributed by atoms with van der Waals surface area (Å²) in [5, 5.41) is 11.5. The average molecular weight is 394 g/mol. The lowest BCUT2D eigenvalue weighted by Gasteiger charge is -2.20. The fourth-order valence-corrected chi connectivity index (χ4v) is 4.06. The van der Waals surface area contributed by atoms with E-state index in [0.717, 1.165) is 17.5 Å². The second-order valence-electron chi connectivity index (χ2n) is 7.05. The van der Waals surface area contributed by atoms with Crippen LogP contribution in [0.1, 0.15) is 42.5 Å². The molecule has 1 aliphatic carbocycles. The lowest BCUT2D eigenvalue weighted by atomic mass is 9.89. The van der Waals surface area contributed by atoms with E-state index in [1.165, 1.54) is 42.2 Å². The minimum Gasteiger partial charge on any atom is -0.411 e. The van der Waals surface area contributed by atoms with E-state index < -0.39 is 0 Å². The molecule has 1 aliphatic rings. The van der Waals surface area contributed by atoms with Crippen molar-refractivity contribution in [1.82, 2.24) is 15.5 Å². The first-order chi connectivity index (χ1) is 13.7. The standard InChI is InChI=1S/C22H23N3O2S/c1-15(18-12-11-16-7-5-6-10-19(16)13-18)23-20(26)14-28-22-25-24-21(27-22)17-8-3-2-4-9-17/h2-4,8-9,11-13,15H,5-7,10,14H2,1H3,(H,23,26)/t15-/m0/s1. The number of aromatic nitrogens is 2. The van der Waals surface area contributed by atoms with E-state index >= 15 is 0 Å². The summed E-state index contributed by atoms with van der Waals surface area (Å²) >= 11 is 1.25. The topological polar surface area (TPSA) is 68.0 Å². The van der Waals surface area contributed by atoms with Crippen LogP contribution in [0.3, 0.4) is 0 Å². The molecule has 1 amide bonds. The fraction of sp³-hybridized carbons (Fsp3) is 0.318. The number of amides is 1. The Morgan fingerprint density at radius 2 is 1.89 bits per heavy atom. The number of fused-ring (bicyclic) bond motifs is 1. The molecule has 0 radical (unpaired) electrons. The first kappa shape index (κ1) is 18.7. The first-order valence-electron chi connectivity index (χ1n) is 9.62. The monoisotopic (exact) mass is 393 g/mol. The van der Waals surface area contributed by atoms with E-state index in [4.69, 9.17) is 4.42 Å². The summed E-state index contributed by atoms with van der Waals surface area (Å²) in [7, 11) is 0. The largest absolute Gasteiger partial charge is 0.411 e. The summed E-state index contributed by atoms with van der Waals surface area (Å²) in [6.07, 6.45) is 4.84. The molecule has 2 aromatic carbocycles. The number of carbonyl (C=O) groups excluding carboxylic acids is 1. The lowest BCUT2D eigenvalue weighted by molar-refractivity contribution is -0.119. The number of thioether (sulfide) groups is 1. The Balaban J connectivity index is 1.31. The van der Waals surface area contributed by atoms with Crippen molar-refractivity contribution in [2.24, 2.45) is 0 Å². The van der Waals surface area contributed by atoms with Gasteiger partial charge in [0.25, 0.3) is 5.22 Å². The van der Waals surface area contributed by atoms with Gasteiger partial charge in [-0.1, -0.05) is 48.2 Å². The number of hydrogen-bond donors (Lipinski definition) is 1. The van der Waals surface area contributed by atoms with Gasteiger partial charge in [0.15, 0.2) is 0 Å². The molecule has 1 N–H and O–H groups in total. The van der Waals surface area contributed by atoms with Crippen molar-refractivity contribution in [2.45, 2.75) is 43.9 Å². The normalized spacial score (nSPS) is 14.3. The molecule has 0 aliphatic heterocycles. The molecule has 144 valence electrons. The Kier molecular flexibility index (Phi) is 5.76. The predicted molar refractivity (Wildman–Crippen MR) is 110 cm³/mol. The molecule has 1 aromatic heterocycles. The third kappa shape index (κ3) is 4.44. The molecule has 6 heteroatoms. The van der Waals surface area contributed by atoms with Crippen LogP contribution in [0.15, 0.2) is 58.2 Å². The fourth-order valence-electron chi connectivity index (χ4n) is 3.48. The SMILES string of the molecule is C[C@H](NC(=O)CSc1nnc(-c2ccccc2)o1)c1ccc2c(c1)CCCC2. The van der Waals surface area contributed by atoms with Gasteiger partial charge in [-0.05, 0) is 61.4 Å². The number of aryl methyl sites for hydroxylation is 2. The molecule has 1 atom stereocenters. The summed E-state index contributed by atoms with van der Waals surface area (Å²) in [5.74, 6) is 0.659. The van der Waals surface area contributed by atoms with Gasteiger partial charge >= 0.3 is 0 Å². The van der Waals surface area contributed by atoms with Gasteiger partial charge in [-0.2, -0.15) is 0 Å². The van der Waals surface area contributed by atoms with Crippen molar-refractivity contribution in [1.29, 1.82) is 0 Å². The number of nitrogens with one attached hydrogen (secondary N) is 1. The molecule has 0 bridgehead atoms. The highest BCUT2D eigenvalue weighted by Gasteiger charge is 2.15. The van der Waals surface area contributed by atoms with Crippen LogP contribution in [0.2, 0.25) is 0 Å². The Labute approximate surface area is 168 Å². The van der Waals surface area contributed by atoms with E-state index in [9.17, 15) is 4.79 Å². The number of rotatable bonds is 6. The Morgan fingerprint density at radius 1 is 1.11 bits per heavy atom. The van der Waals surface area contributed by atoms with Gasteiger partial charge in [-0.3, -0.25) is 4.79 Å². The van der Waals surface area contributed by atoms with Crippen LogP contribution >= 0.6 is 11.8 Å². The Bertz CT molecular complexity index is 955. The quantitative estimate of drug-likeness (QED) is 0.621. The van der Waals surface area contributed by atoms with Crippen LogP contribution in [-0.4, -0.2) is 21.9 Å².